The highest BCUT2D eigenvalue weighted by Gasteiger charge is 2.23. The number of nitrogens with one attached hydrogen (secondary N) is 1. The number of hydrogen-bond acceptors (Lipinski definition) is 4. The van der Waals surface area contributed by atoms with Crippen molar-refractivity contribution in [2.75, 3.05) is 19.6 Å². The topological polar surface area (TPSA) is 76.2 Å². The molecule has 2 rings (SSSR count). The predicted molar refractivity (Wildman–Crippen MR) is 86.3 cm³/mol. The molecule has 0 unspecified atom stereocenters. The predicted octanol–water partition coefficient (Wildman–Crippen LogP) is 0.463. The molecule has 6 nitrogen and oxygen atoms in total. The molecule has 1 aliphatic heterocycles. The second kappa shape index (κ2) is 7.00. The van der Waals surface area contributed by atoms with Crippen molar-refractivity contribution in [1.29, 1.82) is 0 Å². The number of piperidine rings is 1. The third kappa shape index (κ3) is 4.25. The van der Waals surface area contributed by atoms with Gasteiger partial charge in [0.15, 0.2) is 0 Å². The van der Waals surface area contributed by atoms with E-state index in [1.54, 1.807) is 10.9 Å². The molecular weight excluding hydrogens is 286 g/mol. The van der Waals surface area contributed by atoms with Gasteiger partial charge in [-0.15, -0.1) is 0 Å². The van der Waals surface area contributed by atoms with Crippen LogP contribution in [0.5, 0.6) is 0 Å². The fourth-order valence-electron chi connectivity index (χ4n) is 2.70. The van der Waals surface area contributed by atoms with Crippen molar-refractivity contribution in [2.24, 2.45) is 12.8 Å². The molecule has 0 radical (unpaired) electrons. The number of nitrogens with zero attached hydrogens (tertiary/aromatic N) is 3. The van der Waals surface area contributed by atoms with Gasteiger partial charge >= 0.3 is 0 Å². The van der Waals surface area contributed by atoms with Crippen LogP contribution in [0, 0.1) is 0 Å². The Balaban J connectivity index is 1.88. The fraction of sp³-hybridized carbons (Fsp3) is 0.643. The van der Waals surface area contributed by atoms with Crippen LogP contribution in [-0.4, -0.2) is 51.3 Å². The molecule has 1 aromatic rings. The summed E-state index contributed by atoms with van der Waals surface area (Å²) in [6.07, 6.45) is 4.40. The molecule has 21 heavy (non-hydrogen) atoms. The summed E-state index contributed by atoms with van der Waals surface area (Å²) >= 11 is 4.93. The number of amides is 1. The van der Waals surface area contributed by atoms with Crippen LogP contribution >= 0.6 is 12.2 Å². The zero-order chi connectivity index (χ0) is 15.4. The minimum atomic E-state index is -0.0206. The second-order valence-corrected chi connectivity index (χ2v) is 6.03. The van der Waals surface area contributed by atoms with Gasteiger partial charge in [-0.2, -0.15) is 5.10 Å². The highest BCUT2D eigenvalue weighted by molar-refractivity contribution is 7.80. The standard InChI is InChI=1S/C14H23N5OS/c1-3-12-11(8-18(2)17-12)14(20)16-10-4-6-19(7-5-10)9-13(15)21/h8,10H,3-7,9H2,1-2H3,(H2,15,21)(H,16,20). The van der Waals surface area contributed by atoms with Gasteiger partial charge in [0.25, 0.3) is 5.91 Å². The van der Waals surface area contributed by atoms with E-state index in [2.05, 4.69) is 15.3 Å². The number of carbonyl (C=O) groups excluding carboxylic acids is 1. The molecule has 1 aromatic heterocycles. The number of rotatable bonds is 5. The number of aromatic nitrogens is 2. The molecule has 2 heterocycles. The third-order valence-electron chi connectivity index (χ3n) is 3.79. The van der Waals surface area contributed by atoms with E-state index in [1.807, 2.05) is 14.0 Å². The number of carbonyl (C=O) groups is 1. The lowest BCUT2D eigenvalue weighted by molar-refractivity contribution is 0.0914. The molecule has 0 spiro atoms. The summed E-state index contributed by atoms with van der Waals surface area (Å²) in [7, 11) is 1.84. The van der Waals surface area contributed by atoms with Crippen LogP contribution in [0.1, 0.15) is 35.8 Å². The van der Waals surface area contributed by atoms with E-state index in [9.17, 15) is 4.79 Å². The van der Waals surface area contributed by atoms with Crippen LogP contribution < -0.4 is 11.1 Å². The first-order valence-corrected chi connectivity index (χ1v) is 7.74. The van der Waals surface area contributed by atoms with Crippen LogP contribution in [0.2, 0.25) is 0 Å². The monoisotopic (exact) mass is 309 g/mol. The molecule has 1 saturated heterocycles. The Labute approximate surface area is 130 Å². The number of nitrogens with two attached hydrogens (primary N) is 1. The average Bonchev–Trinajstić information content (AvgIpc) is 2.82. The van der Waals surface area contributed by atoms with Gasteiger partial charge < -0.3 is 11.1 Å². The minimum Gasteiger partial charge on any atom is -0.392 e. The van der Waals surface area contributed by atoms with E-state index in [4.69, 9.17) is 18.0 Å². The van der Waals surface area contributed by atoms with Crippen LogP contribution in [0.25, 0.3) is 0 Å². The van der Waals surface area contributed by atoms with E-state index >= 15 is 0 Å². The van der Waals surface area contributed by atoms with Gasteiger partial charge in [-0.25, -0.2) is 0 Å². The summed E-state index contributed by atoms with van der Waals surface area (Å²) in [6, 6.07) is 0.213. The van der Waals surface area contributed by atoms with Crippen molar-refractivity contribution in [1.82, 2.24) is 20.0 Å². The molecule has 1 fully saturated rings. The van der Waals surface area contributed by atoms with Gasteiger partial charge in [-0.1, -0.05) is 19.1 Å². The molecule has 3 N–H and O–H groups in total. The molecule has 0 saturated carbocycles. The Morgan fingerprint density at radius 3 is 2.76 bits per heavy atom. The first-order chi connectivity index (χ1) is 9.99. The van der Waals surface area contributed by atoms with E-state index in [-0.39, 0.29) is 11.9 Å². The normalized spacial score (nSPS) is 16.9. The third-order valence-corrected chi connectivity index (χ3v) is 3.92. The van der Waals surface area contributed by atoms with Crippen molar-refractivity contribution >= 4 is 23.1 Å². The Hall–Kier alpha value is -1.47. The maximum Gasteiger partial charge on any atom is 0.254 e. The highest BCUT2D eigenvalue weighted by atomic mass is 32.1. The van der Waals surface area contributed by atoms with E-state index < -0.39 is 0 Å². The van der Waals surface area contributed by atoms with Crippen molar-refractivity contribution in [3.8, 4) is 0 Å². The Kier molecular flexibility index (Phi) is 5.30. The summed E-state index contributed by atoms with van der Waals surface area (Å²) in [5, 5.41) is 7.42. The smallest absolute Gasteiger partial charge is 0.254 e. The first kappa shape index (κ1) is 15.9. The molecular formula is C14H23N5OS. The van der Waals surface area contributed by atoms with Crippen LogP contribution in [0.3, 0.4) is 0 Å². The maximum absolute atomic E-state index is 12.3. The average molecular weight is 309 g/mol. The molecule has 7 heteroatoms. The van der Waals surface area contributed by atoms with Crippen LogP contribution in [0.15, 0.2) is 6.20 Å². The zero-order valence-corrected chi connectivity index (χ0v) is 13.4. The number of hydrogen-bond donors (Lipinski definition) is 2. The van der Waals surface area contributed by atoms with Gasteiger partial charge in [0, 0.05) is 38.9 Å². The highest BCUT2D eigenvalue weighted by Crippen LogP contribution is 2.12. The lowest BCUT2D eigenvalue weighted by Gasteiger charge is -2.31. The van der Waals surface area contributed by atoms with Crippen LogP contribution in [0.4, 0.5) is 0 Å². The molecule has 1 amide bonds. The largest absolute Gasteiger partial charge is 0.392 e. The molecule has 0 atom stereocenters. The lowest BCUT2D eigenvalue weighted by atomic mass is 10.0. The van der Waals surface area contributed by atoms with Crippen LogP contribution in [-0.2, 0) is 13.5 Å². The lowest BCUT2D eigenvalue weighted by Crippen LogP contribution is -2.46. The second-order valence-electron chi connectivity index (χ2n) is 5.51. The van der Waals surface area contributed by atoms with Gasteiger partial charge in [-0.05, 0) is 19.3 Å². The van der Waals surface area contributed by atoms with Gasteiger partial charge in [-0.3, -0.25) is 14.4 Å². The minimum absolute atomic E-state index is 0.0206. The van der Waals surface area contributed by atoms with Crippen molar-refractivity contribution < 1.29 is 4.79 Å². The SMILES string of the molecule is CCc1nn(C)cc1C(=O)NC1CCN(CC(N)=S)CC1. The van der Waals surface area contributed by atoms with Crippen molar-refractivity contribution in [3.63, 3.8) is 0 Å². The Morgan fingerprint density at radius 1 is 1.52 bits per heavy atom. The van der Waals surface area contributed by atoms with Gasteiger partial charge in [0.05, 0.1) is 16.2 Å². The first-order valence-electron chi connectivity index (χ1n) is 7.33. The molecule has 116 valence electrons. The molecule has 0 aromatic carbocycles. The molecule has 0 aliphatic carbocycles. The van der Waals surface area contributed by atoms with E-state index in [0.717, 1.165) is 38.0 Å². The summed E-state index contributed by atoms with van der Waals surface area (Å²) in [5.41, 5.74) is 7.09. The number of likely N-dealkylation sites (tertiary alicyclic amines) is 1. The number of thiocarbonyl (C=S) groups is 1. The van der Waals surface area contributed by atoms with Crippen molar-refractivity contribution in [3.05, 3.63) is 17.5 Å². The van der Waals surface area contributed by atoms with E-state index in [1.165, 1.54) is 0 Å². The Bertz CT molecular complexity index is 519. The summed E-state index contributed by atoms with van der Waals surface area (Å²) in [4.78, 5) is 15.1. The summed E-state index contributed by atoms with van der Waals surface area (Å²) in [5.74, 6) is -0.0206. The van der Waals surface area contributed by atoms with Crippen molar-refractivity contribution in [2.45, 2.75) is 32.2 Å². The molecule has 0 bridgehead atoms. The zero-order valence-electron chi connectivity index (χ0n) is 12.6. The Morgan fingerprint density at radius 2 is 2.19 bits per heavy atom. The number of aryl methyl sites for hydroxylation is 2. The van der Waals surface area contributed by atoms with Gasteiger partial charge in [0.1, 0.15) is 0 Å². The fourth-order valence-corrected chi connectivity index (χ4v) is 2.89. The van der Waals surface area contributed by atoms with E-state index in [0.29, 0.717) is 17.1 Å². The maximum atomic E-state index is 12.3. The quantitative estimate of drug-likeness (QED) is 0.773. The van der Waals surface area contributed by atoms with Gasteiger partial charge in [0.2, 0.25) is 0 Å². The summed E-state index contributed by atoms with van der Waals surface area (Å²) in [6.45, 7) is 4.50. The summed E-state index contributed by atoms with van der Waals surface area (Å²) < 4.78 is 1.69. The molecule has 1 aliphatic rings.